The van der Waals surface area contributed by atoms with E-state index >= 15 is 0 Å². The summed E-state index contributed by atoms with van der Waals surface area (Å²) in [6.45, 7) is 7.67. The van der Waals surface area contributed by atoms with Gasteiger partial charge in [0.25, 0.3) is 5.91 Å². The van der Waals surface area contributed by atoms with Crippen LogP contribution in [0.1, 0.15) is 56.8 Å². The maximum absolute atomic E-state index is 13.7. The van der Waals surface area contributed by atoms with E-state index in [-0.39, 0.29) is 41.9 Å². The lowest BCUT2D eigenvalue weighted by molar-refractivity contribution is -0.143. The van der Waals surface area contributed by atoms with E-state index in [4.69, 9.17) is 0 Å². The van der Waals surface area contributed by atoms with Crippen molar-refractivity contribution >= 4 is 29.1 Å². The fourth-order valence-corrected chi connectivity index (χ4v) is 5.35. The molecule has 33 heavy (non-hydrogen) atoms. The van der Waals surface area contributed by atoms with Gasteiger partial charge in [-0.15, -0.1) is 0 Å². The molecule has 0 saturated carbocycles. The molecule has 2 amide bonds. The molecule has 0 aliphatic carbocycles. The molecule has 0 aromatic heterocycles. The Morgan fingerprint density at radius 3 is 2.39 bits per heavy atom. The highest BCUT2D eigenvalue weighted by Gasteiger charge is 2.52. The van der Waals surface area contributed by atoms with Gasteiger partial charge in [0.2, 0.25) is 5.91 Å². The highest BCUT2D eigenvalue weighted by atomic mass is 16.2. The molecule has 3 heterocycles. The van der Waals surface area contributed by atoms with Crippen LogP contribution in [0, 0.1) is 5.92 Å². The number of hydrogen-bond donors (Lipinski definition) is 2. The summed E-state index contributed by atoms with van der Waals surface area (Å²) in [6, 6.07) is 5.17. The van der Waals surface area contributed by atoms with Gasteiger partial charge < -0.3 is 20.4 Å². The number of amides is 2. The van der Waals surface area contributed by atoms with Crippen molar-refractivity contribution in [2.75, 3.05) is 24.5 Å². The first kappa shape index (κ1) is 23.4. The average molecular weight is 455 g/mol. The summed E-state index contributed by atoms with van der Waals surface area (Å²) >= 11 is 0. The van der Waals surface area contributed by atoms with E-state index in [1.807, 2.05) is 26.0 Å². The predicted octanol–water partition coefficient (Wildman–Crippen LogP) is 1.53. The molecular formula is C25H34N4O4. The van der Waals surface area contributed by atoms with Crippen LogP contribution in [0.15, 0.2) is 24.3 Å². The maximum Gasteiger partial charge on any atom is 0.251 e. The smallest absolute Gasteiger partial charge is 0.251 e. The van der Waals surface area contributed by atoms with Gasteiger partial charge >= 0.3 is 0 Å². The topological polar surface area (TPSA) is 98.8 Å². The molecule has 4 rings (SSSR count). The molecule has 3 aliphatic rings. The Balaban J connectivity index is 1.52. The van der Waals surface area contributed by atoms with Gasteiger partial charge in [0.05, 0.1) is 12.6 Å². The third kappa shape index (κ3) is 4.81. The molecule has 4 unspecified atom stereocenters. The van der Waals surface area contributed by atoms with Gasteiger partial charge in [-0.1, -0.05) is 13.8 Å². The van der Waals surface area contributed by atoms with E-state index in [1.54, 1.807) is 12.1 Å². The molecule has 8 nitrogen and oxygen atoms in total. The molecule has 1 aromatic carbocycles. The SMILES string of the molecule is CC(=O)C1CC2NCC(=O)C2N1C(=O)C(CC(C)C)NC(=O)c1ccc(N2CCCC2)cc1. The van der Waals surface area contributed by atoms with Crippen molar-refractivity contribution in [1.29, 1.82) is 0 Å². The second-order valence-electron chi connectivity index (χ2n) is 9.90. The number of hydrogen-bond acceptors (Lipinski definition) is 6. The van der Waals surface area contributed by atoms with Crippen molar-refractivity contribution in [3.63, 3.8) is 0 Å². The minimum absolute atomic E-state index is 0.0794. The van der Waals surface area contributed by atoms with Crippen LogP contribution in [0.5, 0.6) is 0 Å². The zero-order valence-corrected chi connectivity index (χ0v) is 19.7. The number of carbonyl (C=O) groups is 4. The van der Waals surface area contributed by atoms with Gasteiger partial charge in [-0.2, -0.15) is 0 Å². The van der Waals surface area contributed by atoms with Crippen LogP contribution in [-0.4, -0.2) is 72.1 Å². The Kier molecular flexibility index (Phi) is 6.83. The van der Waals surface area contributed by atoms with E-state index in [0.717, 1.165) is 18.8 Å². The summed E-state index contributed by atoms with van der Waals surface area (Å²) in [6.07, 6.45) is 3.21. The number of fused-ring (bicyclic) bond motifs is 1. The number of nitrogens with zero attached hydrogens (tertiary/aromatic N) is 2. The second-order valence-corrected chi connectivity index (χ2v) is 9.90. The molecule has 178 valence electrons. The van der Waals surface area contributed by atoms with Crippen LogP contribution in [-0.2, 0) is 14.4 Å². The molecule has 3 aliphatic heterocycles. The number of rotatable bonds is 7. The monoisotopic (exact) mass is 454 g/mol. The summed E-state index contributed by atoms with van der Waals surface area (Å²) in [5.41, 5.74) is 1.58. The molecule has 1 aromatic rings. The third-order valence-corrected chi connectivity index (χ3v) is 7.00. The van der Waals surface area contributed by atoms with E-state index in [0.29, 0.717) is 18.4 Å². The van der Waals surface area contributed by atoms with E-state index < -0.39 is 18.1 Å². The first-order valence-corrected chi connectivity index (χ1v) is 12.0. The summed E-state index contributed by atoms with van der Waals surface area (Å²) in [5, 5.41) is 6.02. The van der Waals surface area contributed by atoms with Crippen molar-refractivity contribution in [3.8, 4) is 0 Å². The number of nitrogens with one attached hydrogen (secondary N) is 2. The summed E-state index contributed by atoms with van der Waals surface area (Å²) < 4.78 is 0. The highest BCUT2D eigenvalue weighted by Crippen LogP contribution is 2.30. The van der Waals surface area contributed by atoms with E-state index in [9.17, 15) is 19.2 Å². The zero-order valence-electron chi connectivity index (χ0n) is 19.7. The summed E-state index contributed by atoms with van der Waals surface area (Å²) in [5.74, 6) is -0.754. The first-order chi connectivity index (χ1) is 15.8. The average Bonchev–Trinajstić information content (AvgIpc) is 3.51. The lowest BCUT2D eigenvalue weighted by atomic mass is 10.0. The number of benzene rings is 1. The van der Waals surface area contributed by atoms with Crippen molar-refractivity contribution in [3.05, 3.63) is 29.8 Å². The standard InChI is InChI=1S/C25H34N4O4/c1-15(2)12-20(25(33)29-21(16(3)30)13-19-23(29)22(31)14-26-19)27-24(32)17-6-8-18(9-7-17)28-10-4-5-11-28/h6-9,15,19-21,23,26H,4-5,10-14H2,1-3H3,(H,27,32). The number of Topliss-reactive ketones (excluding diaryl/α,β-unsaturated/α-hetero) is 2. The largest absolute Gasteiger partial charge is 0.372 e. The lowest BCUT2D eigenvalue weighted by Crippen LogP contribution is -2.56. The molecule has 3 saturated heterocycles. The molecule has 0 radical (unpaired) electrons. The normalized spacial score (nSPS) is 25.5. The minimum Gasteiger partial charge on any atom is -0.372 e. The quantitative estimate of drug-likeness (QED) is 0.648. The second kappa shape index (κ2) is 9.63. The molecule has 0 bridgehead atoms. The fraction of sp³-hybridized carbons (Fsp3) is 0.600. The minimum atomic E-state index is -0.801. The van der Waals surface area contributed by atoms with Gasteiger partial charge in [-0.25, -0.2) is 0 Å². The molecule has 0 spiro atoms. The van der Waals surface area contributed by atoms with Gasteiger partial charge in [-0.05, 0) is 62.8 Å². The van der Waals surface area contributed by atoms with Gasteiger partial charge in [0.1, 0.15) is 12.1 Å². The van der Waals surface area contributed by atoms with Crippen LogP contribution in [0.3, 0.4) is 0 Å². The summed E-state index contributed by atoms with van der Waals surface area (Å²) in [4.78, 5) is 55.3. The van der Waals surface area contributed by atoms with E-state index in [1.165, 1.54) is 24.7 Å². The Morgan fingerprint density at radius 1 is 1.12 bits per heavy atom. The Morgan fingerprint density at radius 2 is 1.79 bits per heavy atom. The number of anilines is 1. The molecule has 3 fully saturated rings. The number of ketones is 2. The third-order valence-electron chi connectivity index (χ3n) is 7.00. The van der Waals surface area contributed by atoms with Crippen LogP contribution >= 0.6 is 0 Å². The van der Waals surface area contributed by atoms with Gasteiger partial charge in [0.15, 0.2) is 11.6 Å². The van der Waals surface area contributed by atoms with Crippen LogP contribution < -0.4 is 15.5 Å². The van der Waals surface area contributed by atoms with Gasteiger partial charge in [0, 0.05) is 30.4 Å². The highest BCUT2D eigenvalue weighted by molar-refractivity contribution is 6.01. The maximum atomic E-state index is 13.7. The van der Waals surface area contributed by atoms with E-state index in [2.05, 4.69) is 15.5 Å². The fourth-order valence-electron chi connectivity index (χ4n) is 5.35. The van der Waals surface area contributed by atoms with Crippen LogP contribution in [0.25, 0.3) is 0 Å². The van der Waals surface area contributed by atoms with Crippen molar-refractivity contribution in [2.24, 2.45) is 5.92 Å². The first-order valence-electron chi connectivity index (χ1n) is 12.0. The van der Waals surface area contributed by atoms with Crippen LogP contribution in [0.2, 0.25) is 0 Å². The lowest BCUT2D eigenvalue weighted by Gasteiger charge is -2.32. The molecule has 2 N–H and O–H groups in total. The summed E-state index contributed by atoms with van der Waals surface area (Å²) in [7, 11) is 0. The number of carbonyl (C=O) groups excluding carboxylic acids is 4. The Hall–Kier alpha value is -2.74. The molecule has 8 heteroatoms. The Bertz CT molecular complexity index is 923. The molecular weight excluding hydrogens is 420 g/mol. The van der Waals surface area contributed by atoms with Crippen molar-refractivity contribution < 1.29 is 19.2 Å². The Labute approximate surface area is 195 Å². The van der Waals surface area contributed by atoms with Crippen molar-refractivity contribution in [1.82, 2.24) is 15.5 Å². The predicted molar refractivity (Wildman–Crippen MR) is 125 cm³/mol. The number of likely N-dealkylation sites (tertiary alicyclic amines) is 1. The van der Waals surface area contributed by atoms with Crippen molar-refractivity contribution in [2.45, 2.75) is 70.6 Å². The molecule has 4 atom stereocenters. The van der Waals surface area contributed by atoms with Gasteiger partial charge in [-0.3, -0.25) is 19.2 Å². The zero-order chi connectivity index (χ0) is 23.7. The van der Waals surface area contributed by atoms with Crippen LogP contribution in [0.4, 0.5) is 5.69 Å².